The molecule has 3 amide bonds. The monoisotopic (exact) mass is 432 g/mol. The van der Waals surface area contributed by atoms with E-state index in [9.17, 15) is 18.4 Å². The van der Waals surface area contributed by atoms with Crippen LogP contribution < -0.4 is 20.7 Å². The van der Waals surface area contributed by atoms with E-state index in [1.54, 1.807) is 6.07 Å². The maximum atomic E-state index is 14.4. The fourth-order valence-electron chi connectivity index (χ4n) is 2.42. The number of nitrogens with one attached hydrogen (secondary N) is 3. The van der Waals surface area contributed by atoms with Gasteiger partial charge in [0.05, 0.1) is 11.4 Å². The number of nitrogens with zero attached hydrogens (tertiary/aromatic N) is 1. The summed E-state index contributed by atoms with van der Waals surface area (Å²) < 4.78 is 33.6. The van der Waals surface area contributed by atoms with Crippen molar-refractivity contribution in [1.82, 2.24) is 10.3 Å². The quantitative estimate of drug-likeness (QED) is 0.539. The number of amides is 3. The number of benzene rings is 2. The molecular weight excluding hydrogens is 418 g/mol. The number of rotatable bonds is 5. The van der Waals surface area contributed by atoms with Crippen LogP contribution in [0.4, 0.5) is 25.0 Å². The Labute approximate surface area is 175 Å². The molecule has 0 aliphatic carbocycles. The predicted octanol–water partition coefficient (Wildman–Crippen LogP) is 4.81. The highest BCUT2D eigenvalue weighted by Gasteiger charge is 2.15. The molecule has 3 aromatic rings. The number of carbonyl (C=O) groups excluding carboxylic acids is 2. The van der Waals surface area contributed by atoms with Gasteiger partial charge in [0.1, 0.15) is 17.4 Å². The molecule has 0 saturated carbocycles. The minimum atomic E-state index is -0.863. The second kappa shape index (κ2) is 9.19. The molecule has 1 aromatic heterocycles. The summed E-state index contributed by atoms with van der Waals surface area (Å²) in [6, 6.07) is 9.53. The summed E-state index contributed by atoms with van der Waals surface area (Å²) in [5.74, 6) is -1.75. The number of anilines is 2. The Hall–Kier alpha value is -3.72. The van der Waals surface area contributed by atoms with Crippen LogP contribution >= 0.6 is 11.6 Å². The van der Waals surface area contributed by atoms with Gasteiger partial charge in [0, 0.05) is 24.3 Å². The van der Waals surface area contributed by atoms with E-state index in [0.717, 1.165) is 12.1 Å². The van der Waals surface area contributed by atoms with Gasteiger partial charge in [-0.1, -0.05) is 11.6 Å². The molecule has 3 N–H and O–H groups in total. The van der Waals surface area contributed by atoms with Crippen LogP contribution in [0, 0.1) is 11.6 Å². The first-order valence-electron chi connectivity index (χ1n) is 8.55. The number of hydrogen-bond donors (Lipinski definition) is 3. The third-order valence-electron chi connectivity index (χ3n) is 3.81. The minimum Gasteiger partial charge on any atom is -0.455 e. The lowest BCUT2D eigenvalue weighted by Gasteiger charge is -2.12. The zero-order chi connectivity index (χ0) is 21.7. The van der Waals surface area contributed by atoms with Crippen LogP contribution in [0.2, 0.25) is 5.02 Å². The zero-order valence-electron chi connectivity index (χ0n) is 15.5. The van der Waals surface area contributed by atoms with Crippen LogP contribution in [0.5, 0.6) is 11.5 Å². The van der Waals surface area contributed by atoms with Gasteiger partial charge in [0.25, 0.3) is 5.91 Å². The van der Waals surface area contributed by atoms with E-state index in [1.807, 2.05) is 0 Å². The largest absolute Gasteiger partial charge is 0.455 e. The number of aromatic nitrogens is 1. The normalized spacial score (nSPS) is 10.3. The Bertz CT molecular complexity index is 1110. The molecule has 3 rings (SSSR count). The number of pyridine rings is 1. The summed E-state index contributed by atoms with van der Waals surface area (Å²) in [6.45, 7) is 0. The summed E-state index contributed by atoms with van der Waals surface area (Å²) in [5.41, 5.74) is -0.288. The highest BCUT2D eigenvalue weighted by Crippen LogP contribution is 2.27. The summed E-state index contributed by atoms with van der Waals surface area (Å²) in [4.78, 5) is 27.8. The Morgan fingerprint density at radius 3 is 2.50 bits per heavy atom. The summed E-state index contributed by atoms with van der Waals surface area (Å²) in [5, 5.41) is 7.18. The number of urea groups is 1. The highest BCUT2D eigenvalue weighted by atomic mass is 35.5. The molecule has 0 fully saturated rings. The molecule has 30 heavy (non-hydrogen) atoms. The van der Waals surface area contributed by atoms with Crippen molar-refractivity contribution in [3.63, 3.8) is 0 Å². The molecule has 0 spiro atoms. The highest BCUT2D eigenvalue weighted by molar-refractivity contribution is 6.30. The Morgan fingerprint density at radius 2 is 1.77 bits per heavy atom. The van der Waals surface area contributed by atoms with E-state index in [2.05, 4.69) is 20.9 Å². The van der Waals surface area contributed by atoms with Gasteiger partial charge >= 0.3 is 6.03 Å². The van der Waals surface area contributed by atoms with Crippen molar-refractivity contribution in [2.75, 3.05) is 17.7 Å². The van der Waals surface area contributed by atoms with Gasteiger partial charge in [0.2, 0.25) is 0 Å². The van der Waals surface area contributed by atoms with Crippen molar-refractivity contribution < 1.29 is 23.1 Å². The van der Waals surface area contributed by atoms with Crippen LogP contribution in [0.1, 0.15) is 10.5 Å². The molecule has 0 unspecified atom stereocenters. The second-order valence-corrected chi connectivity index (χ2v) is 6.31. The third-order valence-corrected chi connectivity index (χ3v) is 4.04. The smallest absolute Gasteiger partial charge is 0.323 e. The molecule has 10 heteroatoms. The molecule has 2 aromatic carbocycles. The predicted molar refractivity (Wildman–Crippen MR) is 108 cm³/mol. The van der Waals surface area contributed by atoms with Crippen LogP contribution in [-0.4, -0.2) is 24.0 Å². The average Bonchev–Trinajstić information content (AvgIpc) is 2.72. The molecule has 154 valence electrons. The number of halogens is 3. The van der Waals surface area contributed by atoms with E-state index >= 15 is 0 Å². The van der Waals surface area contributed by atoms with Crippen molar-refractivity contribution >= 4 is 34.9 Å². The molecule has 0 aliphatic heterocycles. The van der Waals surface area contributed by atoms with Gasteiger partial charge in [-0.25, -0.2) is 18.6 Å². The lowest BCUT2D eigenvalue weighted by molar-refractivity contribution is 0.0955. The first-order chi connectivity index (χ1) is 14.4. The average molecular weight is 433 g/mol. The minimum absolute atomic E-state index is 0.0329. The van der Waals surface area contributed by atoms with Gasteiger partial charge in [-0.3, -0.25) is 4.79 Å². The third kappa shape index (κ3) is 5.00. The van der Waals surface area contributed by atoms with Crippen LogP contribution in [-0.2, 0) is 0 Å². The molecule has 0 aliphatic rings. The van der Waals surface area contributed by atoms with Crippen LogP contribution in [0.3, 0.4) is 0 Å². The second-order valence-electron chi connectivity index (χ2n) is 5.88. The Kier molecular flexibility index (Phi) is 6.43. The van der Waals surface area contributed by atoms with Gasteiger partial charge in [0.15, 0.2) is 11.4 Å². The fraction of sp³-hybridized carbons (Fsp3) is 0.0500. The number of hydrogen-bond acceptors (Lipinski definition) is 4. The number of ether oxygens (including phenoxy) is 1. The summed E-state index contributed by atoms with van der Waals surface area (Å²) in [7, 11) is 1.45. The van der Waals surface area contributed by atoms with Crippen molar-refractivity contribution in [1.29, 1.82) is 0 Å². The molecule has 7 nitrogen and oxygen atoms in total. The first-order valence-corrected chi connectivity index (χ1v) is 8.92. The molecular formula is C20H15ClF2N4O3. The van der Waals surface area contributed by atoms with Gasteiger partial charge in [-0.05, 0) is 42.5 Å². The molecule has 0 bridgehead atoms. The lowest BCUT2D eigenvalue weighted by atomic mass is 10.2. The zero-order valence-corrected chi connectivity index (χ0v) is 16.3. The van der Waals surface area contributed by atoms with Crippen molar-refractivity contribution in [3.8, 4) is 11.5 Å². The maximum Gasteiger partial charge on any atom is 0.323 e. The maximum absolute atomic E-state index is 14.4. The molecule has 0 atom stereocenters. The van der Waals surface area contributed by atoms with Gasteiger partial charge in [-0.2, -0.15) is 0 Å². The molecule has 1 heterocycles. The van der Waals surface area contributed by atoms with Crippen molar-refractivity contribution in [2.45, 2.75) is 0 Å². The van der Waals surface area contributed by atoms with Crippen molar-refractivity contribution in [2.24, 2.45) is 0 Å². The van der Waals surface area contributed by atoms with Crippen LogP contribution in [0.25, 0.3) is 0 Å². The van der Waals surface area contributed by atoms with Gasteiger partial charge in [-0.15, -0.1) is 0 Å². The van der Waals surface area contributed by atoms with Crippen molar-refractivity contribution in [3.05, 3.63) is 77.1 Å². The van der Waals surface area contributed by atoms with Gasteiger partial charge < -0.3 is 20.7 Å². The van der Waals surface area contributed by atoms with E-state index < -0.39 is 23.6 Å². The Balaban J connectivity index is 1.72. The molecule has 0 radical (unpaired) electrons. The summed E-state index contributed by atoms with van der Waals surface area (Å²) >= 11 is 5.77. The van der Waals surface area contributed by atoms with E-state index in [1.165, 1.54) is 43.6 Å². The number of carbonyl (C=O) groups is 2. The fourth-order valence-corrected chi connectivity index (χ4v) is 2.59. The van der Waals surface area contributed by atoms with Crippen LogP contribution in [0.15, 0.2) is 54.7 Å². The SMILES string of the molecule is CNC(=O)c1ncccc1Oc1ccc(NC(=O)Nc2cc(Cl)ccc2F)c(F)c1. The molecule has 0 saturated heterocycles. The van der Waals surface area contributed by atoms with E-state index in [4.69, 9.17) is 16.3 Å². The topological polar surface area (TPSA) is 92.3 Å². The van der Waals surface area contributed by atoms with E-state index in [0.29, 0.717) is 0 Å². The lowest BCUT2D eigenvalue weighted by Crippen LogP contribution is -2.21. The van der Waals surface area contributed by atoms with E-state index in [-0.39, 0.29) is 33.6 Å². The summed E-state index contributed by atoms with van der Waals surface area (Å²) in [6.07, 6.45) is 1.42. The standard InChI is InChI=1S/C20H15ClF2N4O3/c1-24-19(28)18-17(3-2-8-25-18)30-12-5-7-15(14(23)10-12)26-20(29)27-16-9-11(21)4-6-13(16)22/h2-10H,1H3,(H,24,28)(H2,26,27,29). The Morgan fingerprint density at radius 1 is 1.00 bits per heavy atom. The first kappa shape index (κ1) is 21.0.